The topological polar surface area (TPSA) is 75.2 Å². The van der Waals surface area contributed by atoms with Gasteiger partial charge in [0, 0.05) is 16.6 Å². The van der Waals surface area contributed by atoms with Crippen LogP contribution in [0.25, 0.3) is 0 Å². The Balaban J connectivity index is 2.14. The summed E-state index contributed by atoms with van der Waals surface area (Å²) in [7, 11) is 0. The predicted molar refractivity (Wildman–Crippen MR) is 120 cm³/mol. The highest BCUT2D eigenvalue weighted by Gasteiger charge is 2.35. The summed E-state index contributed by atoms with van der Waals surface area (Å²) in [6, 6.07) is 16.1. The molecule has 1 heterocycles. The van der Waals surface area contributed by atoms with Gasteiger partial charge in [-0.25, -0.2) is 0 Å². The molecule has 2 amide bonds. The summed E-state index contributed by atoms with van der Waals surface area (Å²) in [5.41, 5.74) is 2.27. The van der Waals surface area contributed by atoms with Crippen molar-refractivity contribution in [3.63, 3.8) is 0 Å². The van der Waals surface area contributed by atoms with Crippen LogP contribution in [0.15, 0.2) is 60.0 Å². The van der Waals surface area contributed by atoms with E-state index >= 15 is 0 Å². The Labute approximate surface area is 181 Å². The Morgan fingerprint density at radius 2 is 1.73 bits per heavy atom. The fraction of sp³-hybridized carbons (Fsp3) is 0.304. The van der Waals surface area contributed by atoms with Gasteiger partial charge < -0.3 is 5.32 Å². The highest BCUT2D eigenvalue weighted by atomic mass is 32.1. The lowest BCUT2D eigenvalue weighted by molar-refractivity contribution is -0.123. The Kier molecular flexibility index (Phi) is 6.62. The standard InChI is InChI=1S/C23H26N4O2S/c1-5-16-11-13-17(14-12-16)20(21(28)24-23(2,3)4)27(18-9-7-6-8-10-18)22(29)19-15-30-26-25-19/h6-15,20H,5H2,1-4H3,(H,24,28)/t20-/m1/s1. The van der Waals surface area contributed by atoms with Crippen molar-refractivity contribution < 1.29 is 9.59 Å². The monoisotopic (exact) mass is 422 g/mol. The summed E-state index contributed by atoms with van der Waals surface area (Å²) in [6.07, 6.45) is 0.894. The highest BCUT2D eigenvalue weighted by molar-refractivity contribution is 7.03. The quantitative estimate of drug-likeness (QED) is 0.639. The van der Waals surface area contributed by atoms with Gasteiger partial charge in [-0.1, -0.05) is 53.9 Å². The van der Waals surface area contributed by atoms with Crippen molar-refractivity contribution in [2.24, 2.45) is 0 Å². The maximum Gasteiger partial charge on any atom is 0.280 e. The van der Waals surface area contributed by atoms with Crippen LogP contribution in [0.3, 0.4) is 0 Å². The van der Waals surface area contributed by atoms with Crippen molar-refractivity contribution in [1.82, 2.24) is 14.9 Å². The van der Waals surface area contributed by atoms with Gasteiger partial charge in [-0.05, 0) is 62.0 Å². The number of hydrogen-bond acceptors (Lipinski definition) is 5. The minimum absolute atomic E-state index is 0.211. The molecule has 6 nitrogen and oxygen atoms in total. The second kappa shape index (κ2) is 9.17. The summed E-state index contributed by atoms with van der Waals surface area (Å²) in [4.78, 5) is 28.4. The third-order valence-electron chi connectivity index (χ3n) is 4.54. The first-order valence-electron chi connectivity index (χ1n) is 9.86. The lowest BCUT2D eigenvalue weighted by Crippen LogP contribution is -2.49. The van der Waals surface area contributed by atoms with Gasteiger partial charge in [0.2, 0.25) is 5.91 Å². The van der Waals surface area contributed by atoms with E-state index in [-0.39, 0.29) is 17.5 Å². The van der Waals surface area contributed by atoms with Crippen LogP contribution in [0.4, 0.5) is 5.69 Å². The molecule has 0 bridgehead atoms. The molecule has 3 rings (SSSR count). The number of carbonyl (C=O) groups is 2. The minimum atomic E-state index is -0.855. The lowest BCUT2D eigenvalue weighted by Gasteiger charge is -2.33. The van der Waals surface area contributed by atoms with Gasteiger partial charge in [-0.3, -0.25) is 14.5 Å². The maximum atomic E-state index is 13.5. The molecule has 2 aromatic carbocycles. The summed E-state index contributed by atoms with van der Waals surface area (Å²) in [5, 5.41) is 8.57. The number of nitrogens with one attached hydrogen (secondary N) is 1. The van der Waals surface area contributed by atoms with Crippen LogP contribution in [-0.4, -0.2) is 26.9 Å². The van der Waals surface area contributed by atoms with E-state index in [1.165, 1.54) is 4.90 Å². The molecule has 7 heteroatoms. The average molecular weight is 423 g/mol. The van der Waals surface area contributed by atoms with Crippen molar-refractivity contribution in [3.05, 3.63) is 76.8 Å². The lowest BCUT2D eigenvalue weighted by atomic mass is 9.99. The van der Waals surface area contributed by atoms with Gasteiger partial charge in [-0.15, -0.1) is 5.10 Å². The minimum Gasteiger partial charge on any atom is -0.349 e. The number of anilines is 1. The number of nitrogens with zero attached hydrogens (tertiary/aromatic N) is 3. The first kappa shape index (κ1) is 21.6. The number of aromatic nitrogens is 2. The third kappa shape index (κ3) is 5.10. The van der Waals surface area contributed by atoms with Crippen molar-refractivity contribution in [3.8, 4) is 0 Å². The Morgan fingerprint density at radius 3 is 2.27 bits per heavy atom. The van der Waals surface area contributed by atoms with Crippen LogP contribution in [-0.2, 0) is 11.2 Å². The van der Waals surface area contributed by atoms with Gasteiger partial charge in [-0.2, -0.15) is 0 Å². The average Bonchev–Trinajstić information content (AvgIpc) is 3.26. The van der Waals surface area contributed by atoms with E-state index in [1.54, 1.807) is 5.38 Å². The maximum absolute atomic E-state index is 13.5. The van der Waals surface area contributed by atoms with E-state index in [4.69, 9.17) is 0 Å². The molecule has 0 saturated carbocycles. The Hall–Kier alpha value is -3.06. The van der Waals surface area contributed by atoms with E-state index in [9.17, 15) is 9.59 Å². The summed E-state index contributed by atoms with van der Waals surface area (Å²) < 4.78 is 3.82. The van der Waals surface area contributed by atoms with Gasteiger partial charge in [0.25, 0.3) is 5.91 Å². The predicted octanol–water partition coefficient (Wildman–Crippen LogP) is 4.40. The van der Waals surface area contributed by atoms with E-state index < -0.39 is 11.6 Å². The third-order valence-corrected chi connectivity index (χ3v) is 5.05. The van der Waals surface area contributed by atoms with Crippen LogP contribution < -0.4 is 10.2 Å². The molecule has 0 aliphatic rings. The smallest absolute Gasteiger partial charge is 0.280 e. The van der Waals surface area contributed by atoms with Crippen LogP contribution in [0.2, 0.25) is 0 Å². The number of rotatable bonds is 6. The van der Waals surface area contributed by atoms with Gasteiger partial charge in [0.1, 0.15) is 6.04 Å². The zero-order valence-corrected chi connectivity index (χ0v) is 18.4. The van der Waals surface area contributed by atoms with Crippen LogP contribution in [0, 0.1) is 0 Å². The van der Waals surface area contributed by atoms with Gasteiger partial charge >= 0.3 is 0 Å². The molecule has 0 aliphatic heterocycles. The molecular formula is C23H26N4O2S. The normalized spacial score (nSPS) is 12.3. The molecular weight excluding hydrogens is 396 g/mol. The SMILES string of the molecule is CCc1ccc([C@H](C(=O)NC(C)(C)C)N(C(=O)c2csnn2)c2ccccc2)cc1. The number of benzene rings is 2. The van der Waals surface area contributed by atoms with Crippen LogP contribution >= 0.6 is 11.5 Å². The first-order chi connectivity index (χ1) is 14.3. The van der Waals surface area contributed by atoms with Gasteiger partial charge in [0.15, 0.2) is 5.69 Å². The molecule has 156 valence electrons. The van der Waals surface area contributed by atoms with E-state index in [0.29, 0.717) is 5.69 Å². The zero-order valence-electron chi connectivity index (χ0n) is 17.6. The molecule has 1 aromatic heterocycles. The Morgan fingerprint density at radius 1 is 1.07 bits per heavy atom. The fourth-order valence-electron chi connectivity index (χ4n) is 3.14. The van der Waals surface area contributed by atoms with Crippen molar-refractivity contribution in [2.75, 3.05) is 4.90 Å². The second-order valence-electron chi connectivity index (χ2n) is 8.04. The molecule has 0 unspecified atom stereocenters. The molecule has 3 aromatic rings. The van der Waals surface area contributed by atoms with Gasteiger partial charge in [0.05, 0.1) is 0 Å². The molecule has 30 heavy (non-hydrogen) atoms. The number of carbonyl (C=O) groups excluding carboxylic acids is 2. The number of para-hydroxylation sites is 1. The number of aryl methyl sites for hydroxylation is 1. The summed E-state index contributed by atoms with van der Waals surface area (Å²) in [5.74, 6) is -0.629. The highest BCUT2D eigenvalue weighted by Crippen LogP contribution is 2.30. The zero-order chi connectivity index (χ0) is 21.7. The van der Waals surface area contributed by atoms with E-state index in [0.717, 1.165) is 29.1 Å². The van der Waals surface area contributed by atoms with Crippen molar-refractivity contribution >= 4 is 29.0 Å². The molecule has 0 radical (unpaired) electrons. The number of hydrogen-bond donors (Lipinski definition) is 1. The second-order valence-corrected chi connectivity index (χ2v) is 8.65. The molecule has 0 fully saturated rings. The summed E-state index contributed by atoms with van der Waals surface area (Å²) >= 11 is 1.10. The first-order valence-corrected chi connectivity index (χ1v) is 10.7. The molecule has 0 spiro atoms. The molecule has 1 N–H and O–H groups in total. The Bertz CT molecular complexity index is 980. The molecule has 0 saturated heterocycles. The van der Waals surface area contributed by atoms with Crippen LogP contribution in [0.5, 0.6) is 0 Å². The molecule has 0 aliphatic carbocycles. The fourth-order valence-corrected chi connectivity index (χ4v) is 3.57. The van der Waals surface area contributed by atoms with E-state index in [1.807, 2.05) is 75.4 Å². The number of amides is 2. The van der Waals surface area contributed by atoms with E-state index in [2.05, 4.69) is 21.8 Å². The summed E-state index contributed by atoms with van der Waals surface area (Å²) in [6.45, 7) is 7.83. The van der Waals surface area contributed by atoms with Crippen molar-refractivity contribution in [2.45, 2.75) is 45.7 Å². The largest absolute Gasteiger partial charge is 0.349 e. The van der Waals surface area contributed by atoms with Crippen LogP contribution in [0.1, 0.15) is 55.4 Å². The van der Waals surface area contributed by atoms with Crippen molar-refractivity contribution in [1.29, 1.82) is 0 Å². The molecule has 1 atom stereocenters.